The van der Waals surface area contributed by atoms with E-state index < -0.39 is 0 Å². The first kappa shape index (κ1) is 18.6. The van der Waals surface area contributed by atoms with Crippen molar-refractivity contribution in [2.45, 2.75) is 13.3 Å². The van der Waals surface area contributed by atoms with Crippen LogP contribution >= 0.6 is 23.4 Å². The van der Waals surface area contributed by atoms with Crippen molar-refractivity contribution in [1.29, 1.82) is 0 Å². The second kappa shape index (κ2) is 8.09. The number of amides is 1. The fourth-order valence-electron chi connectivity index (χ4n) is 2.87. The van der Waals surface area contributed by atoms with E-state index in [0.29, 0.717) is 26.6 Å². The van der Waals surface area contributed by atoms with Gasteiger partial charge in [-0.15, -0.1) is 0 Å². The summed E-state index contributed by atoms with van der Waals surface area (Å²) in [6.45, 7) is 2.08. The van der Waals surface area contributed by atoms with Gasteiger partial charge in [0, 0.05) is 16.7 Å². The van der Waals surface area contributed by atoms with Gasteiger partial charge in [0.2, 0.25) is 0 Å². The van der Waals surface area contributed by atoms with Crippen molar-refractivity contribution >= 4 is 46.2 Å². The Morgan fingerprint density at radius 1 is 1.14 bits per heavy atom. The van der Waals surface area contributed by atoms with Crippen LogP contribution in [0.5, 0.6) is 0 Å². The standard InChI is InChI=1S/C22H17ClN2O2S/c1-2-14-6-3-4-9-18(14)24-22-25-21(26)20(28-22)13-17-10-11-19(27-17)15-7-5-8-16(23)12-15/h3-13H,2H2,1H3,(H,24,25,26). The summed E-state index contributed by atoms with van der Waals surface area (Å²) in [7, 11) is 0. The van der Waals surface area contributed by atoms with Crippen LogP contribution in [0, 0.1) is 0 Å². The third kappa shape index (κ3) is 4.06. The number of furan rings is 1. The minimum atomic E-state index is -0.182. The molecule has 1 fully saturated rings. The van der Waals surface area contributed by atoms with Crippen molar-refractivity contribution in [3.8, 4) is 11.3 Å². The highest BCUT2D eigenvalue weighted by Gasteiger charge is 2.24. The smallest absolute Gasteiger partial charge is 0.264 e. The summed E-state index contributed by atoms with van der Waals surface area (Å²) in [4.78, 5) is 17.5. The number of hydrogen-bond acceptors (Lipinski definition) is 4. The lowest BCUT2D eigenvalue weighted by Crippen LogP contribution is -2.19. The van der Waals surface area contributed by atoms with E-state index in [-0.39, 0.29) is 5.91 Å². The van der Waals surface area contributed by atoms with Crippen molar-refractivity contribution in [2.75, 3.05) is 0 Å². The van der Waals surface area contributed by atoms with Gasteiger partial charge in [-0.05, 0) is 54.1 Å². The molecule has 28 heavy (non-hydrogen) atoms. The van der Waals surface area contributed by atoms with E-state index in [0.717, 1.165) is 23.2 Å². The Bertz CT molecular complexity index is 1100. The number of para-hydroxylation sites is 1. The summed E-state index contributed by atoms with van der Waals surface area (Å²) < 4.78 is 5.86. The monoisotopic (exact) mass is 408 g/mol. The van der Waals surface area contributed by atoms with Gasteiger partial charge in [-0.1, -0.05) is 48.9 Å². The van der Waals surface area contributed by atoms with Crippen LogP contribution in [0.15, 0.2) is 75.0 Å². The Morgan fingerprint density at radius 2 is 2.00 bits per heavy atom. The lowest BCUT2D eigenvalue weighted by Gasteiger charge is -2.02. The van der Waals surface area contributed by atoms with E-state index >= 15 is 0 Å². The van der Waals surface area contributed by atoms with Crippen LogP contribution in [0.2, 0.25) is 5.02 Å². The summed E-state index contributed by atoms with van der Waals surface area (Å²) in [6, 6.07) is 19.1. The molecule has 0 spiro atoms. The van der Waals surface area contributed by atoms with Crippen molar-refractivity contribution < 1.29 is 9.21 Å². The van der Waals surface area contributed by atoms with Gasteiger partial charge < -0.3 is 9.73 Å². The Labute approximate surface area is 172 Å². The second-order valence-corrected chi connectivity index (χ2v) is 7.64. The molecule has 1 N–H and O–H groups in total. The summed E-state index contributed by atoms with van der Waals surface area (Å²) in [5.74, 6) is 1.12. The maximum atomic E-state index is 12.3. The van der Waals surface area contributed by atoms with Gasteiger partial charge in [0.25, 0.3) is 5.91 Å². The first-order chi connectivity index (χ1) is 13.6. The quantitative estimate of drug-likeness (QED) is 0.534. The molecule has 4 nitrogen and oxygen atoms in total. The first-order valence-electron chi connectivity index (χ1n) is 8.85. The van der Waals surface area contributed by atoms with E-state index in [4.69, 9.17) is 16.0 Å². The third-order valence-electron chi connectivity index (χ3n) is 4.25. The van der Waals surface area contributed by atoms with Crippen molar-refractivity contribution in [1.82, 2.24) is 5.32 Å². The van der Waals surface area contributed by atoms with Gasteiger partial charge in [-0.2, -0.15) is 0 Å². The first-order valence-corrected chi connectivity index (χ1v) is 10.0. The number of rotatable bonds is 4. The number of thioether (sulfide) groups is 1. The third-order valence-corrected chi connectivity index (χ3v) is 5.40. The zero-order valence-electron chi connectivity index (χ0n) is 15.1. The zero-order valence-corrected chi connectivity index (χ0v) is 16.7. The summed E-state index contributed by atoms with van der Waals surface area (Å²) in [6.07, 6.45) is 2.61. The lowest BCUT2D eigenvalue weighted by molar-refractivity contribution is -0.115. The highest BCUT2D eigenvalue weighted by atomic mass is 35.5. The Kier molecular flexibility index (Phi) is 5.37. The molecule has 2 heterocycles. The topological polar surface area (TPSA) is 54.6 Å². The number of amidine groups is 1. The number of nitrogens with one attached hydrogen (secondary N) is 1. The Balaban J connectivity index is 1.56. The van der Waals surface area contributed by atoms with E-state index in [1.807, 2.05) is 60.7 Å². The average molecular weight is 409 g/mol. The largest absolute Gasteiger partial charge is 0.457 e. The van der Waals surface area contributed by atoms with Crippen molar-refractivity contribution in [3.63, 3.8) is 0 Å². The van der Waals surface area contributed by atoms with Gasteiger partial charge in [0.05, 0.1) is 10.6 Å². The number of aliphatic imine (C=N–C) groups is 1. The highest BCUT2D eigenvalue weighted by Crippen LogP contribution is 2.31. The van der Waals surface area contributed by atoms with Crippen LogP contribution in [-0.4, -0.2) is 11.1 Å². The molecule has 0 radical (unpaired) electrons. The van der Waals surface area contributed by atoms with Gasteiger partial charge in [0.15, 0.2) is 5.17 Å². The van der Waals surface area contributed by atoms with Gasteiger partial charge in [-0.25, -0.2) is 4.99 Å². The van der Waals surface area contributed by atoms with E-state index in [1.165, 1.54) is 11.8 Å². The van der Waals surface area contributed by atoms with Gasteiger partial charge in [-0.3, -0.25) is 4.79 Å². The molecule has 0 bridgehead atoms. The molecule has 1 aliphatic heterocycles. The fourth-order valence-corrected chi connectivity index (χ4v) is 3.87. The van der Waals surface area contributed by atoms with Crippen LogP contribution in [0.4, 0.5) is 5.69 Å². The van der Waals surface area contributed by atoms with Crippen LogP contribution in [0.25, 0.3) is 17.4 Å². The van der Waals surface area contributed by atoms with Crippen LogP contribution in [0.3, 0.4) is 0 Å². The maximum Gasteiger partial charge on any atom is 0.264 e. The molecule has 1 aromatic heterocycles. The molecule has 1 amide bonds. The fraction of sp³-hybridized carbons (Fsp3) is 0.0909. The minimum absolute atomic E-state index is 0.182. The van der Waals surface area contributed by atoms with Crippen LogP contribution < -0.4 is 5.32 Å². The lowest BCUT2D eigenvalue weighted by atomic mass is 10.1. The number of aryl methyl sites for hydroxylation is 1. The molecule has 140 valence electrons. The number of nitrogens with zero attached hydrogens (tertiary/aromatic N) is 1. The number of carbonyl (C=O) groups is 1. The Hall–Kier alpha value is -2.76. The van der Waals surface area contributed by atoms with E-state index in [9.17, 15) is 4.79 Å². The molecule has 0 unspecified atom stereocenters. The van der Waals surface area contributed by atoms with Gasteiger partial charge >= 0.3 is 0 Å². The molecular formula is C22H17ClN2O2S. The molecule has 0 aliphatic carbocycles. The van der Waals surface area contributed by atoms with Crippen LogP contribution in [-0.2, 0) is 11.2 Å². The highest BCUT2D eigenvalue weighted by molar-refractivity contribution is 8.18. The summed E-state index contributed by atoms with van der Waals surface area (Å²) in [5, 5.41) is 4.03. The predicted octanol–water partition coefficient (Wildman–Crippen LogP) is 6.05. The summed E-state index contributed by atoms with van der Waals surface area (Å²) >= 11 is 7.34. The molecule has 6 heteroatoms. The van der Waals surface area contributed by atoms with E-state index in [1.54, 1.807) is 6.08 Å². The molecular weight excluding hydrogens is 392 g/mol. The maximum absolute atomic E-state index is 12.3. The number of halogens is 1. The van der Waals surface area contributed by atoms with Crippen molar-refractivity contribution in [2.24, 2.45) is 4.99 Å². The SMILES string of the molecule is CCc1ccccc1N=C1NC(=O)C(=Cc2ccc(-c3cccc(Cl)c3)o2)S1. The van der Waals surface area contributed by atoms with Crippen molar-refractivity contribution in [3.05, 3.63) is 81.9 Å². The molecule has 1 saturated heterocycles. The van der Waals surface area contributed by atoms with Gasteiger partial charge in [0.1, 0.15) is 11.5 Å². The molecule has 0 atom stereocenters. The average Bonchev–Trinajstić information content (AvgIpc) is 3.29. The number of carbonyl (C=O) groups excluding carboxylic acids is 1. The molecule has 1 aliphatic rings. The molecule has 4 rings (SSSR count). The normalized spacial score (nSPS) is 16.7. The predicted molar refractivity (Wildman–Crippen MR) is 116 cm³/mol. The molecule has 3 aromatic rings. The summed E-state index contributed by atoms with van der Waals surface area (Å²) in [5.41, 5.74) is 2.90. The zero-order chi connectivity index (χ0) is 19.5. The number of benzene rings is 2. The van der Waals surface area contributed by atoms with E-state index in [2.05, 4.69) is 17.2 Å². The van der Waals surface area contributed by atoms with Crippen LogP contribution in [0.1, 0.15) is 18.2 Å². The molecule has 0 saturated carbocycles. The minimum Gasteiger partial charge on any atom is -0.457 e. The second-order valence-electron chi connectivity index (χ2n) is 6.18. The Morgan fingerprint density at radius 3 is 2.82 bits per heavy atom. The molecule has 2 aromatic carbocycles. The number of hydrogen-bond donors (Lipinski definition) is 1.